The van der Waals surface area contributed by atoms with Crippen LogP contribution in [-0.4, -0.2) is 46.6 Å². The van der Waals surface area contributed by atoms with Crippen molar-refractivity contribution in [1.82, 2.24) is 4.90 Å². The average Bonchev–Trinajstić information content (AvgIpc) is 2.26. The van der Waals surface area contributed by atoms with Crippen molar-refractivity contribution in [2.45, 2.75) is 46.1 Å². The second kappa shape index (κ2) is 7.72. The third-order valence-corrected chi connectivity index (χ3v) is 2.59. The fourth-order valence-corrected chi connectivity index (χ4v) is 1.70. The van der Waals surface area contributed by atoms with Crippen LogP contribution in [0.3, 0.4) is 0 Å². The summed E-state index contributed by atoms with van der Waals surface area (Å²) in [5.74, 6) is -0.484. The first-order chi connectivity index (χ1) is 9.03. The van der Waals surface area contributed by atoms with E-state index in [1.807, 2.05) is 20.8 Å². The Hall–Kier alpha value is -1.79. The van der Waals surface area contributed by atoms with Gasteiger partial charge in [0.15, 0.2) is 0 Å². The van der Waals surface area contributed by atoms with Gasteiger partial charge in [0.2, 0.25) is 0 Å². The number of hydrogen-bond acceptors (Lipinski definition) is 4. The van der Waals surface area contributed by atoms with E-state index in [9.17, 15) is 4.79 Å². The van der Waals surface area contributed by atoms with E-state index >= 15 is 0 Å². The Morgan fingerprint density at radius 1 is 1.30 bits per heavy atom. The van der Waals surface area contributed by atoms with Crippen molar-refractivity contribution < 1.29 is 19.4 Å². The Balaban J connectivity index is 0.000000796. The maximum atomic E-state index is 11.7. The summed E-state index contributed by atoms with van der Waals surface area (Å²) in [6.45, 7) is 7.89. The summed E-state index contributed by atoms with van der Waals surface area (Å²) in [4.78, 5) is 22.4. The Bertz CT molecular complexity index is 351. The summed E-state index contributed by atoms with van der Waals surface area (Å²) in [6, 6.07) is 0. The Morgan fingerprint density at radius 3 is 2.00 bits per heavy atom. The van der Waals surface area contributed by atoms with Crippen LogP contribution < -0.4 is 5.73 Å². The molecule has 7 heteroatoms. The highest BCUT2D eigenvalue weighted by Gasteiger charge is 2.27. The quantitative estimate of drug-likeness (QED) is 0.501. The van der Waals surface area contributed by atoms with Crippen molar-refractivity contribution in [1.29, 1.82) is 5.41 Å². The van der Waals surface area contributed by atoms with Gasteiger partial charge in [-0.15, -0.1) is 0 Å². The second-order valence-electron chi connectivity index (χ2n) is 5.72. The first kappa shape index (κ1) is 18.2. The number of amides is 1. The van der Waals surface area contributed by atoms with Crippen LogP contribution in [0.25, 0.3) is 0 Å². The second-order valence-corrected chi connectivity index (χ2v) is 5.72. The molecule has 1 rings (SSSR count). The number of piperidine rings is 1. The van der Waals surface area contributed by atoms with Crippen molar-refractivity contribution in [3.8, 4) is 0 Å². The molecule has 0 saturated carbocycles. The van der Waals surface area contributed by atoms with Gasteiger partial charge in [-0.2, -0.15) is 0 Å². The monoisotopic (exact) mass is 287 g/mol. The van der Waals surface area contributed by atoms with Crippen LogP contribution in [0.2, 0.25) is 0 Å². The SMILES string of the molecule is CC(=O)O.CC(C)(C)OC(=O)N1CCC(C(=N)N)CC1. The number of nitrogens with two attached hydrogens (primary N) is 1. The van der Waals surface area contributed by atoms with Gasteiger partial charge in [-0.3, -0.25) is 10.2 Å². The van der Waals surface area contributed by atoms with E-state index < -0.39 is 11.6 Å². The van der Waals surface area contributed by atoms with E-state index in [2.05, 4.69) is 0 Å². The standard InChI is InChI=1S/C11H21N3O2.C2H4O2/c1-11(2,3)16-10(15)14-6-4-8(5-7-14)9(12)13;1-2(3)4/h8H,4-7H2,1-3H3,(H3,12,13);1H3,(H,3,4). The summed E-state index contributed by atoms with van der Waals surface area (Å²) in [5, 5.41) is 14.8. The largest absolute Gasteiger partial charge is 0.481 e. The summed E-state index contributed by atoms with van der Waals surface area (Å²) in [7, 11) is 0. The van der Waals surface area contributed by atoms with Crippen molar-refractivity contribution in [3.05, 3.63) is 0 Å². The minimum Gasteiger partial charge on any atom is -0.481 e. The molecule has 0 unspecified atom stereocenters. The first-order valence-electron chi connectivity index (χ1n) is 6.54. The van der Waals surface area contributed by atoms with Crippen molar-refractivity contribution in [2.24, 2.45) is 11.7 Å². The van der Waals surface area contributed by atoms with E-state index in [1.54, 1.807) is 4.90 Å². The molecule has 116 valence electrons. The highest BCUT2D eigenvalue weighted by molar-refractivity contribution is 5.80. The molecule has 1 heterocycles. The number of hydrogen-bond donors (Lipinski definition) is 3. The molecule has 0 aromatic rings. The minimum atomic E-state index is -0.833. The van der Waals surface area contributed by atoms with E-state index in [-0.39, 0.29) is 17.8 Å². The highest BCUT2D eigenvalue weighted by atomic mass is 16.6. The smallest absolute Gasteiger partial charge is 0.410 e. The van der Waals surface area contributed by atoms with E-state index in [0.29, 0.717) is 13.1 Å². The van der Waals surface area contributed by atoms with Gasteiger partial charge in [-0.25, -0.2) is 4.79 Å². The number of rotatable bonds is 1. The van der Waals surface area contributed by atoms with Gasteiger partial charge < -0.3 is 20.5 Å². The summed E-state index contributed by atoms with van der Waals surface area (Å²) in [5.41, 5.74) is 4.99. The van der Waals surface area contributed by atoms with Crippen LogP contribution in [0.4, 0.5) is 4.79 Å². The van der Waals surface area contributed by atoms with Gasteiger partial charge in [0.25, 0.3) is 5.97 Å². The molecule has 0 spiro atoms. The van der Waals surface area contributed by atoms with Crippen LogP contribution >= 0.6 is 0 Å². The predicted octanol–water partition coefficient (Wildman–Crippen LogP) is 1.66. The number of amidine groups is 1. The molecule has 20 heavy (non-hydrogen) atoms. The number of nitrogens with one attached hydrogen (secondary N) is 1. The third kappa shape index (κ3) is 8.34. The molecule has 0 atom stereocenters. The van der Waals surface area contributed by atoms with Crippen LogP contribution in [0.5, 0.6) is 0 Å². The van der Waals surface area contributed by atoms with Gasteiger partial charge in [0.1, 0.15) is 5.60 Å². The summed E-state index contributed by atoms with van der Waals surface area (Å²) in [6.07, 6.45) is 1.25. The molecule has 1 fully saturated rings. The number of carbonyl (C=O) groups excluding carboxylic acids is 1. The lowest BCUT2D eigenvalue weighted by atomic mass is 9.96. The molecular formula is C13H25N3O4. The zero-order chi connectivity index (χ0) is 15.9. The lowest BCUT2D eigenvalue weighted by Gasteiger charge is -2.32. The van der Waals surface area contributed by atoms with Crippen molar-refractivity contribution >= 4 is 17.9 Å². The van der Waals surface area contributed by atoms with Crippen LogP contribution in [0.1, 0.15) is 40.5 Å². The van der Waals surface area contributed by atoms with Crippen LogP contribution in [0.15, 0.2) is 0 Å². The average molecular weight is 287 g/mol. The van der Waals surface area contributed by atoms with Gasteiger partial charge in [-0.1, -0.05) is 0 Å². The zero-order valence-electron chi connectivity index (χ0n) is 12.6. The maximum Gasteiger partial charge on any atom is 0.410 e. The number of carboxylic acid groups (broad SMARTS) is 1. The van der Waals surface area contributed by atoms with Crippen LogP contribution in [-0.2, 0) is 9.53 Å². The molecule has 1 amide bonds. The molecule has 0 radical (unpaired) electrons. The van der Waals surface area contributed by atoms with Crippen molar-refractivity contribution in [2.75, 3.05) is 13.1 Å². The molecule has 1 aliphatic rings. The number of carboxylic acids is 1. The molecule has 7 nitrogen and oxygen atoms in total. The van der Waals surface area contributed by atoms with E-state index in [0.717, 1.165) is 19.8 Å². The van der Waals surface area contributed by atoms with Crippen molar-refractivity contribution in [3.63, 3.8) is 0 Å². The fraction of sp³-hybridized carbons (Fsp3) is 0.769. The molecule has 0 bridgehead atoms. The van der Waals surface area contributed by atoms with Gasteiger partial charge in [0, 0.05) is 25.9 Å². The lowest BCUT2D eigenvalue weighted by Crippen LogP contribution is -2.43. The number of carbonyl (C=O) groups is 2. The molecule has 0 aromatic carbocycles. The van der Waals surface area contributed by atoms with Crippen LogP contribution in [0, 0.1) is 11.3 Å². The van der Waals surface area contributed by atoms with Gasteiger partial charge in [-0.05, 0) is 33.6 Å². The first-order valence-corrected chi connectivity index (χ1v) is 6.54. The third-order valence-electron chi connectivity index (χ3n) is 2.59. The number of likely N-dealkylation sites (tertiary alicyclic amines) is 1. The Morgan fingerprint density at radius 2 is 1.70 bits per heavy atom. The molecule has 1 aliphatic heterocycles. The van der Waals surface area contributed by atoms with E-state index in [1.165, 1.54) is 0 Å². The van der Waals surface area contributed by atoms with Gasteiger partial charge >= 0.3 is 6.09 Å². The van der Waals surface area contributed by atoms with Gasteiger partial charge in [0.05, 0.1) is 5.84 Å². The maximum absolute atomic E-state index is 11.7. The predicted molar refractivity (Wildman–Crippen MR) is 75.8 cm³/mol. The molecule has 4 N–H and O–H groups in total. The molecular weight excluding hydrogens is 262 g/mol. The lowest BCUT2D eigenvalue weighted by molar-refractivity contribution is -0.134. The number of ether oxygens (including phenoxy) is 1. The Kier molecular flexibility index (Phi) is 7.02. The Labute approximate surface area is 119 Å². The molecule has 0 aliphatic carbocycles. The topological polar surface area (TPSA) is 117 Å². The number of nitrogens with zero attached hydrogens (tertiary/aromatic N) is 1. The summed E-state index contributed by atoms with van der Waals surface area (Å²) >= 11 is 0. The molecule has 1 saturated heterocycles. The minimum absolute atomic E-state index is 0.124. The summed E-state index contributed by atoms with van der Waals surface area (Å²) < 4.78 is 5.27. The zero-order valence-corrected chi connectivity index (χ0v) is 12.6. The molecule has 0 aromatic heterocycles. The number of aliphatic carboxylic acids is 1. The van der Waals surface area contributed by atoms with E-state index in [4.69, 9.17) is 25.8 Å². The highest BCUT2D eigenvalue weighted by Crippen LogP contribution is 2.19. The normalized spacial score (nSPS) is 15.9. The fourth-order valence-electron chi connectivity index (χ4n) is 1.70.